The van der Waals surface area contributed by atoms with Crippen LogP contribution in [0, 0.1) is 6.92 Å². The van der Waals surface area contributed by atoms with Crippen LogP contribution in [-0.2, 0) is 6.54 Å². The third-order valence-corrected chi connectivity index (χ3v) is 5.07. The number of aromatic nitrogens is 1. The van der Waals surface area contributed by atoms with Crippen molar-refractivity contribution in [2.75, 3.05) is 13.7 Å². The highest BCUT2D eigenvalue weighted by molar-refractivity contribution is 5.76. The minimum Gasteiger partial charge on any atom is -0.496 e. The van der Waals surface area contributed by atoms with Gasteiger partial charge in [-0.3, -0.25) is 4.90 Å². The monoisotopic (exact) mass is 336 g/mol. The lowest BCUT2D eigenvalue weighted by Gasteiger charge is -2.36. The molecule has 0 radical (unpaired) electrons. The fourth-order valence-electron chi connectivity index (χ4n) is 3.88. The molecular formula is C21H24N2O2. The summed E-state index contributed by atoms with van der Waals surface area (Å²) in [7, 11) is 1.72. The van der Waals surface area contributed by atoms with E-state index in [2.05, 4.69) is 46.3 Å². The van der Waals surface area contributed by atoms with E-state index in [-0.39, 0.29) is 0 Å². The first-order valence-electron chi connectivity index (χ1n) is 8.97. The lowest BCUT2D eigenvalue weighted by atomic mass is 9.94. The Labute approximate surface area is 148 Å². The molecule has 1 fully saturated rings. The number of methoxy groups -OCH3 is 1. The van der Waals surface area contributed by atoms with Gasteiger partial charge in [-0.1, -0.05) is 36.8 Å². The molecule has 0 aliphatic carbocycles. The van der Waals surface area contributed by atoms with E-state index in [1.54, 1.807) is 7.11 Å². The number of hydrogen-bond donors (Lipinski definition) is 0. The molecule has 4 nitrogen and oxygen atoms in total. The fraction of sp³-hybridized carbons (Fsp3) is 0.381. The van der Waals surface area contributed by atoms with Gasteiger partial charge in [0.25, 0.3) is 0 Å². The molecule has 4 rings (SSSR count). The molecule has 130 valence electrons. The van der Waals surface area contributed by atoms with Crippen LogP contribution in [-0.4, -0.2) is 23.5 Å². The van der Waals surface area contributed by atoms with E-state index in [9.17, 15) is 0 Å². The van der Waals surface area contributed by atoms with Crippen LogP contribution in [0.5, 0.6) is 5.75 Å². The summed E-state index contributed by atoms with van der Waals surface area (Å²) in [6.07, 6.45) is 3.74. The third-order valence-electron chi connectivity index (χ3n) is 5.07. The number of ether oxygens (including phenoxy) is 1. The first kappa shape index (κ1) is 16.2. The smallest absolute Gasteiger partial charge is 0.192 e. The molecule has 4 heteroatoms. The molecule has 0 unspecified atom stereocenters. The van der Waals surface area contributed by atoms with Crippen molar-refractivity contribution >= 4 is 11.1 Å². The fourth-order valence-corrected chi connectivity index (χ4v) is 3.88. The van der Waals surface area contributed by atoms with Crippen molar-refractivity contribution in [1.82, 2.24) is 9.88 Å². The van der Waals surface area contributed by atoms with Crippen molar-refractivity contribution in [3.8, 4) is 5.75 Å². The van der Waals surface area contributed by atoms with Gasteiger partial charge in [0.2, 0.25) is 0 Å². The van der Waals surface area contributed by atoms with Gasteiger partial charge in [-0.25, -0.2) is 4.98 Å². The second kappa shape index (κ2) is 6.89. The highest BCUT2D eigenvalue weighted by Crippen LogP contribution is 2.34. The van der Waals surface area contributed by atoms with E-state index >= 15 is 0 Å². The van der Waals surface area contributed by atoms with Crippen LogP contribution in [0.3, 0.4) is 0 Å². The standard InChI is InChI=1S/C21H24N2O2/c1-15-22-18-12-17(20(24-2)13-21(18)25-15)14-23-11-7-6-10-19(23)16-8-4-3-5-9-16/h3-5,8-9,12-13,19H,6-7,10-11,14H2,1-2H3/t19-/m0/s1. The summed E-state index contributed by atoms with van der Waals surface area (Å²) in [5.41, 5.74) is 4.27. The lowest BCUT2D eigenvalue weighted by Crippen LogP contribution is -2.33. The predicted octanol–water partition coefficient (Wildman–Crippen LogP) is 4.87. The second-order valence-corrected chi connectivity index (χ2v) is 6.76. The molecule has 0 spiro atoms. The van der Waals surface area contributed by atoms with Crippen LogP contribution in [0.15, 0.2) is 46.9 Å². The van der Waals surface area contributed by atoms with Crippen LogP contribution in [0.2, 0.25) is 0 Å². The van der Waals surface area contributed by atoms with Gasteiger partial charge in [0.15, 0.2) is 11.5 Å². The Hall–Kier alpha value is -2.33. The van der Waals surface area contributed by atoms with Crippen molar-refractivity contribution in [2.24, 2.45) is 0 Å². The van der Waals surface area contributed by atoms with Crippen LogP contribution in [0.1, 0.15) is 42.3 Å². The number of benzene rings is 2. The molecule has 2 aromatic carbocycles. The maximum Gasteiger partial charge on any atom is 0.192 e. The van der Waals surface area contributed by atoms with Gasteiger partial charge in [0.05, 0.1) is 7.11 Å². The highest BCUT2D eigenvalue weighted by atomic mass is 16.5. The highest BCUT2D eigenvalue weighted by Gasteiger charge is 2.25. The summed E-state index contributed by atoms with van der Waals surface area (Å²) < 4.78 is 11.3. The van der Waals surface area contributed by atoms with Crippen molar-refractivity contribution in [2.45, 2.75) is 38.8 Å². The van der Waals surface area contributed by atoms with Crippen LogP contribution in [0.25, 0.3) is 11.1 Å². The molecule has 0 bridgehead atoms. The molecule has 0 amide bonds. The molecule has 1 aromatic heterocycles. The van der Waals surface area contributed by atoms with Gasteiger partial charge < -0.3 is 9.15 Å². The summed E-state index contributed by atoms with van der Waals surface area (Å²) in [6.45, 7) is 3.85. The van der Waals surface area contributed by atoms with Crippen LogP contribution in [0.4, 0.5) is 0 Å². The Balaban J connectivity index is 1.66. The SMILES string of the molecule is COc1cc2oc(C)nc2cc1CN1CCCC[C@H]1c1ccccc1. The minimum absolute atomic E-state index is 0.467. The number of fused-ring (bicyclic) bond motifs is 1. The zero-order valence-corrected chi connectivity index (χ0v) is 14.9. The zero-order chi connectivity index (χ0) is 17.2. The number of likely N-dealkylation sites (tertiary alicyclic amines) is 1. The number of rotatable bonds is 4. The van der Waals surface area contributed by atoms with Crippen molar-refractivity contribution in [3.05, 3.63) is 59.5 Å². The molecular weight excluding hydrogens is 312 g/mol. The Morgan fingerprint density at radius 3 is 2.84 bits per heavy atom. The van der Waals surface area contributed by atoms with Gasteiger partial charge in [-0.2, -0.15) is 0 Å². The Morgan fingerprint density at radius 1 is 1.20 bits per heavy atom. The normalized spacial score (nSPS) is 18.6. The average molecular weight is 336 g/mol. The number of aryl methyl sites for hydroxylation is 1. The maximum absolute atomic E-state index is 5.64. The van der Waals surface area contributed by atoms with Crippen molar-refractivity contribution in [1.29, 1.82) is 0 Å². The summed E-state index contributed by atoms with van der Waals surface area (Å²) in [4.78, 5) is 7.04. The predicted molar refractivity (Wildman–Crippen MR) is 98.7 cm³/mol. The summed E-state index contributed by atoms with van der Waals surface area (Å²) in [5.74, 6) is 1.57. The quantitative estimate of drug-likeness (QED) is 0.681. The molecule has 1 saturated heterocycles. The topological polar surface area (TPSA) is 38.5 Å². The largest absolute Gasteiger partial charge is 0.496 e. The second-order valence-electron chi connectivity index (χ2n) is 6.76. The summed E-state index contributed by atoms with van der Waals surface area (Å²) in [5, 5.41) is 0. The molecule has 2 heterocycles. The number of piperidine rings is 1. The number of oxazole rings is 1. The van der Waals surface area contributed by atoms with Gasteiger partial charge >= 0.3 is 0 Å². The molecule has 1 aliphatic heterocycles. The molecule has 25 heavy (non-hydrogen) atoms. The molecule has 1 atom stereocenters. The van der Waals surface area contributed by atoms with Gasteiger partial charge in [0.1, 0.15) is 11.3 Å². The molecule has 3 aromatic rings. The Kier molecular flexibility index (Phi) is 4.45. The maximum atomic E-state index is 5.64. The van der Waals surface area contributed by atoms with Crippen LogP contribution >= 0.6 is 0 Å². The third kappa shape index (κ3) is 3.27. The summed E-state index contributed by atoms with van der Waals surface area (Å²) in [6, 6.07) is 15.4. The van der Waals surface area contributed by atoms with Gasteiger partial charge in [0, 0.05) is 31.1 Å². The average Bonchev–Trinajstić information content (AvgIpc) is 3.01. The van der Waals surface area contributed by atoms with Crippen molar-refractivity contribution < 1.29 is 9.15 Å². The Bertz CT molecular complexity index is 857. The Morgan fingerprint density at radius 2 is 2.04 bits per heavy atom. The molecule has 0 saturated carbocycles. The van der Waals surface area contributed by atoms with E-state index in [0.29, 0.717) is 11.9 Å². The van der Waals surface area contributed by atoms with Crippen molar-refractivity contribution in [3.63, 3.8) is 0 Å². The van der Waals surface area contributed by atoms with E-state index in [4.69, 9.17) is 9.15 Å². The van der Waals surface area contributed by atoms with Gasteiger partial charge in [-0.15, -0.1) is 0 Å². The van der Waals surface area contributed by atoms with E-state index in [1.807, 2.05) is 13.0 Å². The summed E-state index contributed by atoms with van der Waals surface area (Å²) >= 11 is 0. The molecule has 0 N–H and O–H groups in total. The van der Waals surface area contributed by atoms with Gasteiger partial charge in [-0.05, 0) is 31.0 Å². The molecule has 1 aliphatic rings. The van der Waals surface area contributed by atoms with E-state index in [1.165, 1.54) is 30.4 Å². The number of hydrogen-bond acceptors (Lipinski definition) is 4. The minimum atomic E-state index is 0.467. The van der Waals surface area contributed by atoms with E-state index in [0.717, 1.165) is 29.9 Å². The zero-order valence-electron chi connectivity index (χ0n) is 14.9. The van der Waals surface area contributed by atoms with Crippen LogP contribution < -0.4 is 4.74 Å². The number of nitrogens with zero attached hydrogens (tertiary/aromatic N) is 2. The van der Waals surface area contributed by atoms with E-state index < -0.39 is 0 Å². The first-order chi connectivity index (χ1) is 12.2. The first-order valence-corrected chi connectivity index (χ1v) is 8.97. The lowest BCUT2D eigenvalue weighted by molar-refractivity contribution is 0.139.